The van der Waals surface area contributed by atoms with Crippen LogP contribution in [0.3, 0.4) is 0 Å². The van der Waals surface area contributed by atoms with Crippen LogP contribution in [-0.4, -0.2) is 39.9 Å². The number of thiazole rings is 1. The number of carbonyl (C=O) groups is 1. The van der Waals surface area contributed by atoms with E-state index in [4.69, 9.17) is 4.74 Å². The normalized spacial score (nSPS) is 15.1. The minimum Gasteiger partial charge on any atom is -0.467 e. The smallest absolute Gasteiger partial charge is 0.324 e. The van der Waals surface area contributed by atoms with Crippen molar-refractivity contribution in [3.05, 3.63) is 50.4 Å². The van der Waals surface area contributed by atoms with Crippen molar-refractivity contribution in [3.63, 3.8) is 0 Å². The van der Waals surface area contributed by atoms with E-state index in [0.717, 1.165) is 27.1 Å². The van der Waals surface area contributed by atoms with Crippen molar-refractivity contribution in [2.24, 2.45) is 0 Å². The van der Waals surface area contributed by atoms with Gasteiger partial charge in [0.15, 0.2) is 0 Å². The van der Waals surface area contributed by atoms with Crippen LogP contribution in [-0.2, 0) is 0 Å². The van der Waals surface area contributed by atoms with E-state index >= 15 is 0 Å². The molecule has 2 aromatic heterocycles. The minimum atomic E-state index is -0.469. The molecule has 7 nitrogen and oxygen atoms in total. The number of nitro groups is 1. The molecular weight excluding hydrogens is 398 g/mol. The summed E-state index contributed by atoms with van der Waals surface area (Å²) in [7, 11) is 0. The van der Waals surface area contributed by atoms with E-state index in [-0.39, 0.29) is 17.0 Å². The molecule has 28 heavy (non-hydrogen) atoms. The maximum atomic E-state index is 12.6. The summed E-state index contributed by atoms with van der Waals surface area (Å²) in [5.74, 6) is -0.150. The van der Waals surface area contributed by atoms with Gasteiger partial charge in [-0.2, -0.15) is 0 Å². The van der Waals surface area contributed by atoms with E-state index in [9.17, 15) is 14.9 Å². The summed E-state index contributed by atoms with van der Waals surface area (Å²) in [5.41, 5.74) is 3.32. The number of benzene rings is 1. The summed E-state index contributed by atoms with van der Waals surface area (Å²) in [5, 5.41) is 11.5. The zero-order valence-electron chi connectivity index (χ0n) is 15.5. The number of rotatable bonds is 4. The number of carbonyl (C=O) groups excluding carboxylic acids is 1. The molecule has 0 bridgehead atoms. The number of hydrogen-bond donors (Lipinski definition) is 0. The van der Waals surface area contributed by atoms with Crippen LogP contribution < -0.4 is 4.74 Å². The number of nitrogens with zero attached hydrogens (tertiary/aromatic N) is 3. The van der Waals surface area contributed by atoms with Crippen LogP contribution in [0.25, 0.3) is 10.2 Å². The van der Waals surface area contributed by atoms with Gasteiger partial charge in [-0.1, -0.05) is 34.8 Å². The summed E-state index contributed by atoms with van der Waals surface area (Å²) < 4.78 is 7.26. The average molecular weight is 418 g/mol. The van der Waals surface area contributed by atoms with Crippen molar-refractivity contribution in [2.45, 2.75) is 32.8 Å². The largest absolute Gasteiger partial charge is 0.467 e. The molecular formula is C19H19N3O4S2. The third-order valence-corrected chi connectivity index (χ3v) is 7.01. The molecule has 1 amide bonds. The molecule has 0 N–H and O–H groups in total. The number of hydrogen-bond acceptors (Lipinski definition) is 7. The number of amides is 1. The van der Waals surface area contributed by atoms with Crippen molar-refractivity contribution >= 4 is 43.8 Å². The zero-order valence-corrected chi connectivity index (χ0v) is 17.1. The zero-order chi connectivity index (χ0) is 19.8. The standard InChI is InChI=1S/C19H19N3O4S2/c1-11-3-4-12(2)17-16(11)20-19(28-17)26-13-7-9-21(10-8-13)18(23)14-5-6-15(27-14)22(24)25/h3-6,13H,7-10H2,1-2H3. The van der Waals surface area contributed by atoms with Gasteiger partial charge in [-0.15, -0.1) is 0 Å². The summed E-state index contributed by atoms with van der Waals surface area (Å²) in [6.45, 7) is 5.25. The van der Waals surface area contributed by atoms with E-state index in [2.05, 4.69) is 24.0 Å². The second kappa shape index (κ2) is 7.48. The van der Waals surface area contributed by atoms with Crippen molar-refractivity contribution < 1.29 is 14.5 Å². The van der Waals surface area contributed by atoms with Crippen molar-refractivity contribution in [1.29, 1.82) is 0 Å². The number of aryl methyl sites for hydroxylation is 2. The Balaban J connectivity index is 1.39. The predicted molar refractivity (Wildman–Crippen MR) is 110 cm³/mol. The fourth-order valence-corrected chi connectivity index (χ4v) is 5.12. The molecule has 0 atom stereocenters. The van der Waals surface area contributed by atoms with Gasteiger partial charge in [0.2, 0.25) is 0 Å². The summed E-state index contributed by atoms with van der Waals surface area (Å²) in [6, 6.07) is 7.07. The predicted octanol–water partition coefficient (Wildman–Crippen LogP) is 4.57. The van der Waals surface area contributed by atoms with Gasteiger partial charge >= 0.3 is 5.00 Å². The summed E-state index contributed by atoms with van der Waals surface area (Å²) >= 11 is 2.49. The quantitative estimate of drug-likeness (QED) is 0.459. The first-order valence-corrected chi connectivity index (χ1v) is 10.6. The first-order chi connectivity index (χ1) is 13.4. The topological polar surface area (TPSA) is 85.6 Å². The molecule has 146 valence electrons. The van der Waals surface area contributed by atoms with Gasteiger partial charge in [0, 0.05) is 32.0 Å². The number of piperidine rings is 1. The molecule has 0 unspecified atom stereocenters. The van der Waals surface area contributed by atoms with E-state index in [1.165, 1.54) is 17.7 Å². The van der Waals surface area contributed by atoms with Gasteiger partial charge < -0.3 is 9.64 Å². The molecule has 1 fully saturated rings. The molecule has 0 radical (unpaired) electrons. The molecule has 1 saturated heterocycles. The van der Waals surface area contributed by atoms with E-state index in [1.54, 1.807) is 16.2 Å². The lowest BCUT2D eigenvalue weighted by Crippen LogP contribution is -2.41. The Labute approximate surface area is 169 Å². The van der Waals surface area contributed by atoms with E-state index in [0.29, 0.717) is 36.0 Å². The van der Waals surface area contributed by atoms with Crippen molar-refractivity contribution in [3.8, 4) is 5.19 Å². The van der Waals surface area contributed by atoms with Crippen LogP contribution in [0.15, 0.2) is 24.3 Å². The molecule has 9 heteroatoms. The fourth-order valence-electron chi connectivity index (χ4n) is 3.31. The lowest BCUT2D eigenvalue weighted by atomic mass is 10.1. The van der Waals surface area contributed by atoms with Gasteiger partial charge in [-0.3, -0.25) is 14.9 Å². The second-order valence-electron chi connectivity index (χ2n) is 6.86. The van der Waals surface area contributed by atoms with Gasteiger partial charge in [0.05, 0.1) is 20.0 Å². The highest BCUT2D eigenvalue weighted by molar-refractivity contribution is 7.20. The number of fused-ring (bicyclic) bond motifs is 1. The van der Waals surface area contributed by atoms with E-state index in [1.807, 2.05) is 6.92 Å². The van der Waals surface area contributed by atoms with Crippen molar-refractivity contribution in [2.75, 3.05) is 13.1 Å². The Morgan fingerprint density at radius 2 is 1.89 bits per heavy atom. The third kappa shape index (κ3) is 3.59. The summed E-state index contributed by atoms with van der Waals surface area (Å²) in [6.07, 6.45) is 1.45. The SMILES string of the molecule is Cc1ccc(C)c2sc(OC3CCN(C(=O)c4ccc([N+](=O)[O-])s4)CC3)nc12. The van der Waals surface area contributed by atoms with Crippen molar-refractivity contribution in [1.82, 2.24) is 9.88 Å². The molecule has 0 saturated carbocycles. The minimum absolute atomic E-state index is 0.0111. The Bertz CT molecular complexity index is 1010. The number of likely N-dealkylation sites (tertiary alicyclic amines) is 1. The maximum Gasteiger partial charge on any atom is 0.324 e. The number of ether oxygens (including phenoxy) is 1. The highest BCUT2D eigenvalue weighted by Gasteiger charge is 2.27. The fraction of sp³-hybridized carbons (Fsp3) is 0.368. The van der Waals surface area contributed by atoms with Crippen LogP contribution in [0.1, 0.15) is 33.6 Å². The average Bonchev–Trinajstić information content (AvgIpc) is 3.33. The highest BCUT2D eigenvalue weighted by atomic mass is 32.1. The second-order valence-corrected chi connectivity index (χ2v) is 8.89. The van der Waals surface area contributed by atoms with E-state index < -0.39 is 4.92 Å². The van der Waals surface area contributed by atoms with Crippen LogP contribution >= 0.6 is 22.7 Å². The van der Waals surface area contributed by atoms with Crippen LogP contribution in [0, 0.1) is 24.0 Å². The lowest BCUT2D eigenvalue weighted by molar-refractivity contribution is -0.380. The van der Waals surface area contributed by atoms with Crippen LogP contribution in [0.5, 0.6) is 5.19 Å². The molecule has 1 aliphatic heterocycles. The first kappa shape index (κ1) is 18.8. The molecule has 3 heterocycles. The number of aromatic nitrogens is 1. The van der Waals surface area contributed by atoms with Gasteiger partial charge in [0.25, 0.3) is 11.1 Å². The Kier molecular flexibility index (Phi) is 5.03. The third-order valence-electron chi connectivity index (χ3n) is 4.90. The Hall–Kier alpha value is -2.52. The summed E-state index contributed by atoms with van der Waals surface area (Å²) in [4.78, 5) is 29.7. The van der Waals surface area contributed by atoms with Crippen LogP contribution in [0.2, 0.25) is 0 Å². The molecule has 1 aromatic carbocycles. The monoisotopic (exact) mass is 417 g/mol. The Morgan fingerprint density at radius 1 is 1.18 bits per heavy atom. The molecule has 4 rings (SSSR count). The lowest BCUT2D eigenvalue weighted by Gasteiger charge is -2.31. The molecule has 0 spiro atoms. The van der Waals surface area contributed by atoms with Gasteiger partial charge in [-0.05, 0) is 31.0 Å². The van der Waals surface area contributed by atoms with Gasteiger partial charge in [0.1, 0.15) is 6.10 Å². The highest BCUT2D eigenvalue weighted by Crippen LogP contribution is 2.34. The molecule has 1 aliphatic rings. The maximum absolute atomic E-state index is 12.6. The Morgan fingerprint density at radius 3 is 2.54 bits per heavy atom. The van der Waals surface area contributed by atoms with Gasteiger partial charge in [-0.25, -0.2) is 4.98 Å². The van der Waals surface area contributed by atoms with Crippen LogP contribution in [0.4, 0.5) is 5.00 Å². The number of thiophene rings is 1. The molecule has 0 aliphatic carbocycles. The first-order valence-electron chi connectivity index (χ1n) is 8.99. The molecule has 3 aromatic rings.